The lowest BCUT2D eigenvalue weighted by atomic mass is 10.1. The van der Waals surface area contributed by atoms with Crippen molar-refractivity contribution < 1.29 is 9.53 Å². The molecular formula is C27H24ClN3O2S. The number of hydrogen-bond acceptors (Lipinski definition) is 4. The summed E-state index contributed by atoms with van der Waals surface area (Å²) in [6, 6.07) is 22.2. The van der Waals surface area contributed by atoms with Crippen molar-refractivity contribution in [2.45, 2.75) is 19.0 Å². The highest BCUT2D eigenvalue weighted by Crippen LogP contribution is 2.35. The largest absolute Gasteiger partial charge is 0.495 e. The molecule has 3 aromatic carbocycles. The quantitative estimate of drug-likeness (QED) is 0.314. The zero-order valence-corrected chi connectivity index (χ0v) is 20.4. The Bertz CT molecular complexity index is 1410. The van der Waals surface area contributed by atoms with Crippen molar-refractivity contribution in [3.05, 3.63) is 99.5 Å². The predicted octanol–water partition coefficient (Wildman–Crippen LogP) is 6.26. The molecule has 172 valence electrons. The second kappa shape index (κ2) is 9.49. The maximum absolute atomic E-state index is 12.8. The molecule has 1 aliphatic heterocycles. The van der Waals surface area contributed by atoms with E-state index in [2.05, 4.69) is 64.7 Å². The third-order valence-electron chi connectivity index (χ3n) is 5.72. The molecule has 7 heteroatoms. The lowest BCUT2D eigenvalue weighted by molar-refractivity contribution is -0.116. The van der Waals surface area contributed by atoms with Crippen LogP contribution >= 0.6 is 23.4 Å². The molecule has 1 amide bonds. The number of nitrogens with one attached hydrogen (secondary N) is 2. The maximum atomic E-state index is 12.8. The predicted molar refractivity (Wildman–Crippen MR) is 141 cm³/mol. The number of methoxy groups -OCH3 is 1. The van der Waals surface area contributed by atoms with Crippen LogP contribution < -0.4 is 15.4 Å². The fourth-order valence-corrected chi connectivity index (χ4v) is 5.31. The number of para-hydroxylation sites is 1. The number of ether oxygens (including phenoxy) is 1. The number of thioether (sulfide) groups is 1. The van der Waals surface area contributed by atoms with Gasteiger partial charge < -0.3 is 19.9 Å². The molecule has 0 saturated carbocycles. The Labute approximate surface area is 207 Å². The topological polar surface area (TPSA) is 55.3 Å². The van der Waals surface area contributed by atoms with E-state index in [1.54, 1.807) is 25.3 Å². The Kier molecular flexibility index (Phi) is 6.26. The van der Waals surface area contributed by atoms with Crippen LogP contribution in [0, 0.1) is 6.92 Å². The number of halogens is 1. The first-order valence-corrected chi connectivity index (χ1v) is 12.2. The van der Waals surface area contributed by atoms with Gasteiger partial charge in [0, 0.05) is 34.2 Å². The monoisotopic (exact) mass is 489 g/mol. The van der Waals surface area contributed by atoms with Crippen LogP contribution in [0.4, 0.5) is 5.69 Å². The van der Waals surface area contributed by atoms with Gasteiger partial charge in [-0.3, -0.25) is 4.79 Å². The van der Waals surface area contributed by atoms with Gasteiger partial charge in [-0.05, 0) is 42.8 Å². The number of aryl methyl sites for hydroxylation is 1. The molecule has 1 atom stereocenters. The van der Waals surface area contributed by atoms with E-state index < -0.39 is 0 Å². The molecule has 1 aromatic heterocycles. The van der Waals surface area contributed by atoms with E-state index in [1.165, 1.54) is 22.9 Å². The summed E-state index contributed by atoms with van der Waals surface area (Å²) in [7, 11) is 1.60. The third kappa shape index (κ3) is 4.65. The summed E-state index contributed by atoms with van der Waals surface area (Å²) < 4.78 is 7.64. The second-order valence-corrected chi connectivity index (χ2v) is 9.77. The standard InChI is InChI=1S/C27H24ClN3O2S/c1-17-6-5-7-18(12-17)15-31-16-19(21-8-3-4-9-23(21)31)13-25-26(32)30-27(34-25)29-22-14-20(28)10-11-24(22)33-2/h3-14,16,27,29H,15H2,1-2H3,(H,30,32)/b25-13-. The van der Waals surface area contributed by atoms with Gasteiger partial charge in [0.05, 0.1) is 17.7 Å². The zero-order chi connectivity index (χ0) is 23.7. The van der Waals surface area contributed by atoms with Crippen LogP contribution in [-0.2, 0) is 11.3 Å². The number of rotatable bonds is 6. The minimum absolute atomic E-state index is 0.112. The number of amides is 1. The smallest absolute Gasteiger partial charge is 0.260 e. The minimum Gasteiger partial charge on any atom is -0.495 e. The highest BCUT2D eigenvalue weighted by atomic mass is 35.5. The van der Waals surface area contributed by atoms with Crippen molar-refractivity contribution >= 4 is 51.9 Å². The number of fused-ring (bicyclic) bond motifs is 1. The van der Waals surface area contributed by atoms with Crippen molar-refractivity contribution in [1.29, 1.82) is 0 Å². The zero-order valence-electron chi connectivity index (χ0n) is 18.8. The average Bonchev–Trinajstić information content (AvgIpc) is 3.34. The highest BCUT2D eigenvalue weighted by molar-refractivity contribution is 8.05. The van der Waals surface area contributed by atoms with Gasteiger partial charge in [-0.25, -0.2) is 0 Å². The first kappa shape index (κ1) is 22.4. The Hall–Kier alpha value is -3.35. The van der Waals surface area contributed by atoms with Crippen LogP contribution in [0.5, 0.6) is 5.75 Å². The van der Waals surface area contributed by atoms with Crippen LogP contribution in [0.3, 0.4) is 0 Å². The van der Waals surface area contributed by atoms with Crippen LogP contribution in [0.25, 0.3) is 17.0 Å². The molecule has 0 spiro atoms. The Morgan fingerprint density at radius 2 is 2.00 bits per heavy atom. The number of carbonyl (C=O) groups excluding carboxylic acids is 1. The third-order valence-corrected chi connectivity index (χ3v) is 6.98. The summed E-state index contributed by atoms with van der Waals surface area (Å²) >= 11 is 7.58. The molecule has 1 aliphatic rings. The van der Waals surface area contributed by atoms with Crippen LogP contribution in [0.2, 0.25) is 5.02 Å². The van der Waals surface area contributed by atoms with E-state index in [1.807, 2.05) is 18.2 Å². The molecule has 5 rings (SSSR count). The van der Waals surface area contributed by atoms with E-state index in [-0.39, 0.29) is 11.4 Å². The number of hydrogen-bond donors (Lipinski definition) is 2. The summed E-state index contributed by atoms with van der Waals surface area (Å²) in [6.07, 6.45) is 4.08. The summed E-state index contributed by atoms with van der Waals surface area (Å²) in [5.41, 5.74) is 5.04. The average molecular weight is 490 g/mol. The number of carbonyl (C=O) groups is 1. The van der Waals surface area contributed by atoms with Crippen molar-refractivity contribution in [2.24, 2.45) is 0 Å². The normalized spacial score (nSPS) is 16.7. The minimum atomic E-state index is -0.327. The van der Waals surface area contributed by atoms with E-state index in [0.29, 0.717) is 15.7 Å². The molecule has 34 heavy (non-hydrogen) atoms. The Balaban J connectivity index is 1.42. The molecule has 1 unspecified atom stereocenters. The van der Waals surface area contributed by atoms with E-state index >= 15 is 0 Å². The molecular weight excluding hydrogens is 466 g/mol. The van der Waals surface area contributed by atoms with Crippen molar-refractivity contribution in [2.75, 3.05) is 12.4 Å². The van der Waals surface area contributed by atoms with Gasteiger partial charge in [0.15, 0.2) is 5.50 Å². The summed E-state index contributed by atoms with van der Waals surface area (Å²) in [4.78, 5) is 13.4. The fourth-order valence-electron chi connectivity index (χ4n) is 4.17. The van der Waals surface area contributed by atoms with Crippen molar-refractivity contribution in [1.82, 2.24) is 9.88 Å². The van der Waals surface area contributed by atoms with Crippen LogP contribution in [0.15, 0.2) is 77.8 Å². The van der Waals surface area contributed by atoms with Gasteiger partial charge in [0.1, 0.15) is 5.75 Å². The molecule has 1 saturated heterocycles. The molecule has 5 nitrogen and oxygen atoms in total. The molecule has 4 aromatic rings. The van der Waals surface area contributed by atoms with Gasteiger partial charge in [-0.1, -0.05) is 71.4 Å². The number of aromatic nitrogens is 1. The highest BCUT2D eigenvalue weighted by Gasteiger charge is 2.28. The molecule has 2 N–H and O–H groups in total. The summed E-state index contributed by atoms with van der Waals surface area (Å²) in [5, 5.41) is 7.99. The maximum Gasteiger partial charge on any atom is 0.260 e. The first-order chi connectivity index (χ1) is 16.5. The van der Waals surface area contributed by atoms with Gasteiger partial charge in [-0.2, -0.15) is 0 Å². The van der Waals surface area contributed by atoms with Gasteiger partial charge in [-0.15, -0.1) is 0 Å². The molecule has 0 radical (unpaired) electrons. The van der Waals surface area contributed by atoms with E-state index in [0.717, 1.165) is 28.7 Å². The van der Waals surface area contributed by atoms with Crippen molar-refractivity contribution in [3.8, 4) is 5.75 Å². The number of anilines is 1. The number of nitrogens with zero attached hydrogens (tertiary/aromatic N) is 1. The van der Waals surface area contributed by atoms with E-state index in [4.69, 9.17) is 16.3 Å². The molecule has 1 fully saturated rings. The Morgan fingerprint density at radius 1 is 1.15 bits per heavy atom. The van der Waals surface area contributed by atoms with Gasteiger partial charge in [0.25, 0.3) is 5.91 Å². The lowest BCUT2D eigenvalue weighted by Crippen LogP contribution is -2.31. The van der Waals surface area contributed by atoms with Gasteiger partial charge >= 0.3 is 0 Å². The summed E-state index contributed by atoms with van der Waals surface area (Å²) in [5.74, 6) is 0.551. The first-order valence-electron chi connectivity index (χ1n) is 10.9. The van der Waals surface area contributed by atoms with Crippen molar-refractivity contribution in [3.63, 3.8) is 0 Å². The van der Waals surface area contributed by atoms with E-state index in [9.17, 15) is 4.79 Å². The van der Waals surface area contributed by atoms with Crippen LogP contribution in [-0.4, -0.2) is 23.1 Å². The lowest BCUT2D eigenvalue weighted by Gasteiger charge is -2.15. The number of benzene rings is 3. The summed E-state index contributed by atoms with van der Waals surface area (Å²) in [6.45, 7) is 2.87. The molecule has 2 heterocycles. The molecule has 0 bridgehead atoms. The molecule has 0 aliphatic carbocycles. The SMILES string of the molecule is COc1ccc(Cl)cc1NC1NC(=O)/C(=C/c2cn(Cc3cccc(C)c3)c3ccccc23)S1. The Morgan fingerprint density at radius 3 is 2.82 bits per heavy atom. The van der Waals surface area contributed by atoms with Crippen LogP contribution in [0.1, 0.15) is 16.7 Å². The van der Waals surface area contributed by atoms with Gasteiger partial charge in [0.2, 0.25) is 0 Å². The second-order valence-electron chi connectivity index (χ2n) is 8.19. The fraction of sp³-hybridized carbons (Fsp3) is 0.148.